The third-order valence-corrected chi connectivity index (χ3v) is 4.47. The van der Waals surface area contributed by atoms with Gasteiger partial charge >= 0.3 is 0 Å². The molecular formula is C18H19FN2O. The fourth-order valence-corrected chi connectivity index (χ4v) is 2.92. The van der Waals surface area contributed by atoms with Crippen LogP contribution in [0.15, 0.2) is 48.5 Å². The quantitative estimate of drug-likeness (QED) is 0.891. The van der Waals surface area contributed by atoms with Gasteiger partial charge in [0.05, 0.1) is 0 Å². The Morgan fingerprint density at radius 2 is 1.73 bits per heavy atom. The zero-order valence-corrected chi connectivity index (χ0v) is 12.3. The molecule has 1 amide bonds. The van der Waals surface area contributed by atoms with Gasteiger partial charge in [0.1, 0.15) is 5.82 Å². The summed E-state index contributed by atoms with van der Waals surface area (Å²) in [4.78, 5) is 11.1. The van der Waals surface area contributed by atoms with Crippen LogP contribution in [-0.4, -0.2) is 5.91 Å². The van der Waals surface area contributed by atoms with Gasteiger partial charge in [-0.15, -0.1) is 0 Å². The van der Waals surface area contributed by atoms with Crippen molar-refractivity contribution in [2.75, 3.05) is 0 Å². The second-order valence-corrected chi connectivity index (χ2v) is 5.86. The molecule has 0 atom stereocenters. The molecule has 0 aromatic heterocycles. The van der Waals surface area contributed by atoms with Crippen molar-refractivity contribution in [3.8, 4) is 0 Å². The first-order valence-electron chi connectivity index (χ1n) is 7.49. The summed E-state index contributed by atoms with van der Waals surface area (Å²) in [6.45, 7) is 0.705. The summed E-state index contributed by atoms with van der Waals surface area (Å²) in [5.41, 5.74) is 7.92. The molecule has 1 aliphatic carbocycles. The van der Waals surface area contributed by atoms with E-state index in [4.69, 9.17) is 5.73 Å². The van der Waals surface area contributed by atoms with Crippen molar-refractivity contribution in [2.45, 2.75) is 31.3 Å². The second kappa shape index (κ2) is 5.89. The molecule has 3 N–H and O–H groups in total. The maximum absolute atomic E-state index is 13.1. The van der Waals surface area contributed by atoms with Crippen LogP contribution in [0.3, 0.4) is 0 Å². The SMILES string of the molecule is NC(=O)c1ccc(CNC2(c3ccc(F)cc3)CCC2)cc1. The molecule has 1 fully saturated rings. The number of amides is 1. The van der Waals surface area contributed by atoms with Crippen molar-refractivity contribution < 1.29 is 9.18 Å². The van der Waals surface area contributed by atoms with E-state index < -0.39 is 5.91 Å². The van der Waals surface area contributed by atoms with Crippen molar-refractivity contribution in [1.29, 1.82) is 0 Å². The normalized spacial score (nSPS) is 16.0. The first kappa shape index (κ1) is 14.7. The molecule has 1 aliphatic rings. The molecule has 1 saturated carbocycles. The Balaban J connectivity index is 1.70. The van der Waals surface area contributed by atoms with Crippen LogP contribution in [0.25, 0.3) is 0 Å². The summed E-state index contributed by atoms with van der Waals surface area (Å²) < 4.78 is 13.1. The first-order valence-corrected chi connectivity index (χ1v) is 7.49. The van der Waals surface area contributed by atoms with Gasteiger partial charge in [0.25, 0.3) is 0 Å². The molecule has 0 heterocycles. The number of carbonyl (C=O) groups is 1. The van der Waals surface area contributed by atoms with E-state index >= 15 is 0 Å². The molecule has 0 spiro atoms. The van der Waals surface area contributed by atoms with Crippen LogP contribution >= 0.6 is 0 Å². The number of rotatable bonds is 5. The lowest BCUT2D eigenvalue weighted by Crippen LogP contribution is -2.47. The first-order chi connectivity index (χ1) is 10.6. The summed E-state index contributed by atoms with van der Waals surface area (Å²) in [6.07, 6.45) is 3.28. The minimum Gasteiger partial charge on any atom is -0.366 e. The van der Waals surface area contributed by atoms with E-state index in [0.29, 0.717) is 12.1 Å². The average molecular weight is 298 g/mol. The van der Waals surface area contributed by atoms with Gasteiger partial charge in [-0.25, -0.2) is 4.39 Å². The molecule has 2 aromatic carbocycles. The van der Waals surface area contributed by atoms with E-state index in [1.165, 1.54) is 18.6 Å². The van der Waals surface area contributed by atoms with Gasteiger partial charge in [0.2, 0.25) is 5.91 Å². The number of nitrogens with two attached hydrogens (primary N) is 1. The Morgan fingerprint density at radius 1 is 1.09 bits per heavy atom. The van der Waals surface area contributed by atoms with E-state index in [1.54, 1.807) is 12.1 Å². The molecule has 0 unspecified atom stereocenters. The molecular weight excluding hydrogens is 279 g/mol. The van der Waals surface area contributed by atoms with Crippen molar-refractivity contribution in [1.82, 2.24) is 5.32 Å². The van der Waals surface area contributed by atoms with Gasteiger partial charge in [-0.05, 0) is 54.7 Å². The molecule has 2 aromatic rings. The molecule has 3 rings (SSSR count). The molecule has 0 radical (unpaired) electrons. The number of nitrogens with one attached hydrogen (secondary N) is 1. The summed E-state index contributed by atoms with van der Waals surface area (Å²) in [7, 11) is 0. The van der Waals surface area contributed by atoms with E-state index in [9.17, 15) is 9.18 Å². The second-order valence-electron chi connectivity index (χ2n) is 5.86. The number of halogens is 1. The van der Waals surface area contributed by atoms with Crippen LogP contribution in [-0.2, 0) is 12.1 Å². The van der Waals surface area contributed by atoms with Crippen molar-refractivity contribution >= 4 is 5.91 Å². The van der Waals surface area contributed by atoms with Gasteiger partial charge in [0, 0.05) is 17.6 Å². The highest BCUT2D eigenvalue weighted by atomic mass is 19.1. The Hall–Kier alpha value is -2.20. The standard InChI is InChI=1S/C18H19FN2O/c19-16-8-6-15(7-9-16)18(10-1-11-18)21-12-13-2-4-14(5-3-13)17(20)22/h2-9,21H,1,10-12H2,(H2,20,22). The van der Waals surface area contributed by atoms with Gasteiger partial charge in [-0.2, -0.15) is 0 Å². The molecule has 114 valence electrons. The number of primary amides is 1. The highest BCUT2D eigenvalue weighted by molar-refractivity contribution is 5.92. The predicted octanol–water partition coefficient (Wildman–Crippen LogP) is 3.09. The van der Waals surface area contributed by atoms with E-state index in [-0.39, 0.29) is 11.4 Å². The van der Waals surface area contributed by atoms with E-state index in [2.05, 4.69) is 5.32 Å². The lowest BCUT2D eigenvalue weighted by molar-refractivity contribution is 0.1000. The van der Waals surface area contributed by atoms with Gasteiger partial charge in [-0.1, -0.05) is 24.3 Å². The van der Waals surface area contributed by atoms with Gasteiger partial charge in [-0.3, -0.25) is 4.79 Å². The van der Waals surface area contributed by atoms with Crippen LogP contribution in [0.1, 0.15) is 40.7 Å². The Kier molecular flexibility index (Phi) is 3.94. The molecule has 22 heavy (non-hydrogen) atoms. The minimum atomic E-state index is -0.415. The average Bonchev–Trinajstić information content (AvgIpc) is 2.48. The summed E-state index contributed by atoms with van der Waals surface area (Å²) in [5.74, 6) is -0.624. The molecule has 0 aliphatic heterocycles. The van der Waals surface area contributed by atoms with Crippen LogP contribution in [0.2, 0.25) is 0 Å². The summed E-state index contributed by atoms with van der Waals surface area (Å²) in [5, 5.41) is 3.59. The van der Waals surface area contributed by atoms with Gasteiger partial charge in [0.15, 0.2) is 0 Å². The molecule has 0 bridgehead atoms. The van der Waals surface area contributed by atoms with Crippen molar-refractivity contribution in [3.63, 3.8) is 0 Å². The Labute approximate surface area is 129 Å². The molecule has 3 nitrogen and oxygen atoms in total. The smallest absolute Gasteiger partial charge is 0.248 e. The summed E-state index contributed by atoms with van der Waals surface area (Å²) >= 11 is 0. The van der Waals surface area contributed by atoms with Crippen LogP contribution in [0, 0.1) is 5.82 Å². The van der Waals surface area contributed by atoms with Crippen LogP contribution in [0.5, 0.6) is 0 Å². The maximum Gasteiger partial charge on any atom is 0.248 e. The zero-order chi connectivity index (χ0) is 15.6. The number of benzene rings is 2. The third kappa shape index (κ3) is 2.88. The van der Waals surface area contributed by atoms with Crippen LogP contribution in [0.4, 0.5) is 4.39 Å². The monoisotopic (exact) mass is 298 g/mol. The number of carbonyl (C=O) groups excluding carboxylic acids is 1. The highest BCUT2D eigenvalue weighted by Crippen LogP contribution is 2.41. The van der Waals surface area contributed by atoms with E-state index in [1.807, 2.05) is 24.3 Å². The Bertz CT molecular complexity index is 660. The molecule has 4 heteroatoms. The van der Waals surface area contributed by atoms with Crippen molar-refractivity contribution in [3.05, 3.63) is 71.0 Å². The lowest BCUT2D eigenvalue weighted by Gasteiger charge is -2.43. The van der Waals surface area contributed by atoms with Gasteiger partial charge < -0.3 is 11.1 Å². The highest BCUT2D eigenvalue weighted by Gasteiger charge is 2.37. The summed E-state index contributed by atoms with van der Waals surface area (Å²) in [6, 6.07) is 14.0. The molecule has 0 saturated heterocycles. The fourth-order valence-electron chi connectivity index (χ4n) is 2.92. The zero-order valence-electron chi connectivity index (χ0n) is 12.3. The Morgan fingerprint density at radius 3 is 2.23 bits per heavy atom. The maximum atomic E-state index is 13.1. The third-order valence-electron chi connectivity index (χ3n) is 4.47. The van der Waals surface area contributed by atoms with Crippen molar-refractivity contribution in [2.24, 2.45) is 5.73 Å². The van der Waals surface area contributed by atoms with Crippen LogP contribution < -0.4 is 11.1 Å². The predicted molar refractivity (Wildman–Crippen MR) is 83.7 cm³/mol. The topological polar surface area (TPSA) is 55.1 Å². The van der Waals surface area contributed by atoms with E-state index in [0.717, 1.165) is 24.0 Å². The number of hydrogen-bond acceptors (Lipinski definition) is 2. The largest absolute Gasteiger partial charge is 0.366 e. The number of hydrogen-bond donors (Lipinski definition) is 2. The minimum absolute atomic E-state index is 0.0595. The lowest BCUT2D eigenvalue weighted by atomic mass is 9.71. The fraction of sp³-hybridized carbons (Fsp3) is 0.278.